The normalized spacial score (nSPS) is 11.4. The first-order chi connectivity index (χ1) is 12.9. The number of rotatable bonds is 5. The molecular formula is C19H18N4O4. The molecule has 0 saturated heterocycles. The first kappa shape index (κ1) is 18.1. The van der Waals surface area contributed by atoms with Gasteiger partial charge in [0.2, 0.25) is 0 Å². The molecule has 2 N–H and O–H groups in total. The Hall–Kier alpha value is -3.68. The lowest BCUT2D eigenvalue weighted by Gasteiger charge is -2.04. The van der Waals surface area contributed by atoms with Crippen molar-refractivity contribution in [3.63, 3.8) is 0 Å². The molecule has 3 aromatic rings. The molecule has 0 aliphatic heterocycles. The zero-order valence-corrected chi connectivity index (χ0v) is 14.8. The minimum Gasteiger partial charge on any atom is -0.506 e. The van der Waals surface area contributed by atoms with Gasteiger partial charge in [-0.05, 0) is 30.2 Å². The van der Waals surface area contributed by atoms with Crippen molar-refractivity contribution < 1.29 is 10.0 Å². The number of H-pyrrole nitrogens is 1. The van der Waals surface area contributed by atoms with Gasteiger partial charge in [-0.15, -0.1) is 0 Å². The number of aliphatic imine (C=N–C) groups is 1. The van der Waals surface area contributed by atoms with Crippen LogP contribution in [0.1, 0.15) is 31.0 Å². The number of phenols is 1. The molecule has 0 aliphatic rings. The second-order valence-corrected chi connectivity index (χ2v) is 6.25. The third-order valence-corrected chi connectivity index (χ3v) is 4.07. The van der Waals surface area contributed by atoms with E-state index in [4.69, 9.17) is 0 Å². The number of nitro groups is 1. The van der Waals surface area contributed by atoms with Crippen LogP contribution in [0.5, 0.6) is 5.75 Å². The molecule has 1 aromatic heterocycles. The van der Waals surface area contributed by atoms with Crippen LogP contribution in [0.15, 0.2) is 58.3 Å². The van der Waals surface area contributed by atoms with Crippen LogP contribution < -0.4 is 5.56 Å². The Kier molecular flexibility index (Phi) is 4.89. The first-order valence-electron chi connectivity index (χ1n) is 8.30. The Morgan fingerprint density at radius 1 is 1.19 bits per heavy atom. The summed E-state index contributed by atoms with van der Waals surface area (Å²) in [6.07, 6.45) is 1.42. The summed E-state index contributed by atoms with van der Waals surface area (Å²) in [4.78, 5) is 27.4. The number of nitrogens with zero attached hydrogens (tertiary/aromatic N) is 3. The lowest BCUT2D eigenvalue weighted by Crippen LogP contribution is -2.17. The van der Waals surface area contributed by atoms with Gasteiger partial charge in [-0.3, -0.25) is 25.0 Å². The number of benzene rings is 2. The van der Waals surface area contributed by atoms with Crippen LogP contribution in [0.3, 0.4) is 0 Å². The molecule has 2 aromatic carbocycles. The van der Waals surface area contributed by atoms with Crippen LogP contribution in [0.2, 0.25) is 0 Å². The van der Waals surface area contributed by atoms with Crippen molar-refractivity contribution in [2.24, 2.45) is 4.99 Å². The molecule has 0 atom stereocenters. The summed E-state index contributed by atoms with van der Waals surface area (Å²) in [6, 6.07) is 12.3. The quantitative estimate of drug-likeness (QED) is 0.407. The molecule has 0 fully saturated rings. The molecule has 0 spiro atoms. The maximum absolute atomic E-state index is 12.9. The highest BCUT2D eigenvalue weighted by Gasteiger charge is 2.17. The van der Waals surface area contributed by atoms with Crippen molar-refractivity contribution in [2.45, 2.75) is 19.8 Å². The smallest absolute Gasteiger partial charge is 0.280 e. The van der Waals surface area contributed by atoms with E-state index in [1.165, 1.54) is 41.2 Å². The van der Waals surface area contributed by atoms with E-state index in [2.05, 4.69) is 10.1 Å². The Bertz CT molecular complexity index is 1060. The molecule has 8 nitrogen and oxygen atoms in total. The standard InChI is InChI=1S/C19H18N4O4/c1-12(2)18-15(11-20-16-5-3-4-6-17(16)24)19(25)22(21-18)13-7-9-14(10-8-13)23(26)27/h3-12,21,24H,1-2H3. The minimum atomic E-state index is -0.495. The first-order valence-corrected chi connectivity index (χ1v) is 8.30. The van der Waals surface area contributed by atoms with Crippen molar-refractivity contribution in [1.82, 2.24) is 9.78 Å². The van der Waals surface area contributed by atoms with E-state index in [1.54, 1.807) is 18.2 Å². The Morgan fingerprint density at radius 2 is 1.85 bits per heavy atom. The maximum Gasteiger partial charge on any atom is 0.280 e. The van der Waals surface area contributed by atoms with E-state index < -0.39 is 4.92 Å². The van der Waals surface area contributed by atoms with Gasteiger partial charge in [0.25, 0.3) is 11.2 Å². The van der Waals surface area contributed by atoms with Gasteiger partial charge in [0, 0.05) is 24.0 Å². The van der Waals surface area contributed by atoms with Crippen LogP contribution >= 0.6 is 0 Å². The molecular weight excluding hydrogens is 348 g/mol. The topological polar surface area (TPSA) is 114 Å². The van der Waals surface area contributed by atoms with E-state index in [0.29, 0.717) is 22.6 Å². The summed E-state index contributed by atoms with van der Waals surface area (Å²) in [5.74, 6) is 0.0360. The zero-order chi connectivity index (χ0) is 19.6. The second-order valence-electron chi connectivity index (χ2n) is 6.25. The van der Waals surface area contributed by atoms with E-state index >= 15 is 0 Å². The molecule has 0 aliphatic carbocycles. The fourth-order valence-corrected chi connectivity index (χ4v) is 2.64. The van der Waals surface area contributed by atoms with Gasteiger partial charge in [0.15, 0.2) is 0 Å². The summed E-state index contributed by atoms with van der Waals surface area (Å²) in [5.41, 5.74) is 1.50. The third-order valence-electron chi connectivity index (χ3n) is 4.07. The number of non-ortho nitro benzene ring substituents is 1. The molecule has 0 bridgehead atoms. The zero-order valence-electron chi connectivity index (χ0n) is 14.8. The number of aromatic hydroxyl groups is 1. The van der Waals surface area contributed by atoms with Crippen molar-refractivity contribution >= 4 is 17.6 Å². The number of phenolic OH excluding ortho intramolecular Hbond substituents is 1. The molecule has 0 unspecified atom stereocenters. The van der Waals surface area contributed by atoms with Gasteiger partial charge in [-0.25, -0.2) is 4.68 Å². The molecule has 1 heterocycles. The fourth-order valence-electron chi connectivity index (χ4n) is 2.64. The number of hydrogen-bond acceptors (Lipinski definition) is 5. The van der Waals surface area contributed by atoms with Crippen molar-refractivity contribution in [3.05, 3.63) is 80.3 Å². The third kappa shape index (κ3) is 3.64. The molecule has 138 valence electrons. The number of aromatic amines is 1. The number of para-hydroxylation sites is 2. The molecule has 3 rings (SSSR count). The lowest BCUT2D eigenvalue weighted by molar-refractivity contribution is -0.384. The van der Waals surface area contributed by atoms with Crippen molar-refractivity contribution in [2.75, 3.05) is 0 Å². The summed E-state index contributed by atoms with van der Waals surface area (Å²) >= 11 is 0. The highest BCUT2D eigenvalue weighted by molar-refractivity contribution is 5.84. The van der Waals surface area contributed by atoms with Crippen LogP contribution in [-0.2, 0) is 0 Å². The van der Waals surface area contributed by atoms with E-state index in [9.17, 15) is 20.0 Å². The lowest BCUT2D eigenvalue weighted by atomic mass is 10.1. The second kappa shape index (κ2) is 7.28. The Balaban J connectivity index is 2.06. The summed E-state index contributed by atoms with van der Waals surface area (Å²) < 4.78 is 1.32. The predicted octanol–water partition coefficient (Wildman–Crippen LogP) is 3.65. The summed E-state index contributed by atoms with van der Waals surface area (Å²) in [7, 11) is 0. The molecule has 0 radical (unpaired) electrons. The Labute approximate surface area is 154 Å². The largest absolute Gasteiger partial charge is 0.506 e. The minimum absolute atomic E-state index is 0.0165. The number of aromatic nitrogens is 2. The van der Waals surface area contributed by atoms with Crippen molar-refractivity contribution in [1.29, 1.82) is 0 Å². The number of nitrogens with one attached hydrogen (secondary N) is 1. The van der Waals surface area contributed by atoms with E-state index in [-0.39, 0.29) is 22.9 Å². The predicted molar refractivity (Wildman–Crippen MR) is 102 cm³/mol. The average molecular weight is 366 g/mol. The Morgan fingerprint density at radius 3 is 2.44 bits per heavy atom. The van der Waals surface area contributed by atoms with Crippen LogP contribution in [0.4, 0.5) is 11.4 Å². The van der Waals surface area contributed by atoms with E-state index in [1.807, 2.05) is 13.8 Å². The molecule has 8 heteroatoms. The SMILES string of the molecule is CC(C)c1[nH]n(-c2ccc([N+](=O)[O-])cc2)c(=O)c1C=Nc1ccccc1O. The summed E-state index contributed by atoms with van der Waals surface area (Å²) in [6.45, 7) is 3.87. The van der Waals surface area contributed by atoms with E-state index in [0.717, 1.165) is 0 Å². The number of nitro benzene ring substituents is 1. The monoisotopic (exact) mass is 366 g/mol. The molecule has 0 amide bonds. The fraction of sp³-hybridized carbons (Fsp3) is 0.158. The highest BCUT2D eigenvalue weighted by Crippen LogP contribution is 2.25. The maximum atomic E-state index is 12.9. The molecule has 27 heavy (non-hydrogen) atoms. The van der Waals surface area contributed by atoms with Crippen LogP contribution in [0.25, 0.3) is 5.69 Å². The van der Waals surface area contributed by atoms with Gasteiger partial charge in [0.05, 0.1) is 16.2 Å². The highest BCUT2D eigenvalue weighted by atomic mass is 16.6. The van der Waals surface area contributed by atoms with Crippen molar-refractivity contribution in [3.8, 4) is 11.4 Å². The van der Waals surface area contributed by atoms with Gasteiger partial charge in [0.1, 0.15) is 11.4 Å². The average Bonchev–Trinajstić information content (AvgIpc) is 2.98. The van der Waals surface area contributed by atoms with Crippen LogP contribution in [-0.4, -0.2) is 26.0 Å². The summed E-state index contributed by atoms with van der Waals surface area (Å²) in [5, 5.41) is 23.7. The van der Waals surface area contributed by atoms with Crippen LogP contribution in [0, 0.1) is 10.1 Å². The van der Waals surface area contributed by atoms with Gasteiger partial charge >= 0.3 is 0 Å². The number of hydrogen-bond donors (Lipinski definition) is 2. The van der Waals surface area contributed by atoms with Gasteiger partial charge in [-0.1, -0.05) is 26.0 Å². The molecule has 0 saturated carbocycles. The van der Waals surface area contributed by atoms with Gasteiger partial charge in [-0.2, -0.15) is 0 Å². The van der Waals surface area contributed by atoms with Gasteiger partial charge < -0.3 is 5.11 Å².